The largest absolute Gasteiger partial charge is 0.306 e. The molecule has 17 heavy (non-hydrogen) atoms. The molecule has 4 unspecified atom stereocenters. The number of azo groups is 1. The molecule has 1 aromatic carbocycles. The third-order valence-corrected chi connectivity index (χ3v) is 4.86. The molecule has 4 atom stereocenters. The van der Waals surface area contributed by atoms with E-state index >= 15 is 0 Å². The highest BCUT2D eigenvalue weighted by atomic mass is 15.2. The van der Waals surface area contributed by atoms with E-state index in [1.807, 2.05) is 6.07 Å². The van der Waals surface area contributed by atoms with Gasteiger partial charge >= 0.3 is 0 Å². The summed E-state index contributed by atoms with van der Waals surface area (Å²) in [4.78, 5) is 0. The highest BCUT2D eigenvalue weighted by Gasteiger charge is 2.56. The van der Waals surface area contributed by atoms with Crippen molar-refractivity contribution < 1.29 is 0 Å². The summed E-state index contributed by atoms with van der Waals surface area (Å²) in [5.74, 6) is 0.700. The number of hydrogen-bond donors (Lipinski definition) is 1. The molecule has 0 aromatic heterocycles. The Bertz CT molecular complexity index is 496. The van der Waals surface area contributed by atoms with Gasteiger partial charge in [0.05, 0.1) is 11.7 Å². The summed E-state index contributed by atoms with van der Waals surface area (Å²) in [6.07, 6.45) is 3.67. The SMILES string of the molecule is CC12CCC1C1N=Nc3ccccc3CC1N2. The molecule has 0 radical (unpaired) electrons. The van der Waals surface area contributed by atoms with Gasteiger partial charge in [0.25, 0.3) is 0 Å². The minimum atomic E-state index is 0.334. The van der Waals surface area contributed by atoms with E-state index in [-0.39, 0.29) is 0 Å². The zero-order valence-electron chi connectivity index (χ0n) is 10.1. The quantitative estimate of drug-likeness (QED) is 0.727. The van der Waals surface area contributed by atoms with E-state index < -0.39 is 0 Å². The van der Waals surface area contributed by atoms with Crippen LogP contribution in [0.1, 0.15) is 25.3 Å². The molecule has 2 heterocycles. The van der Waals surface area contributed by atoms with Crippen molar-refractivity contribution in [3.63, 3.8) is 0 Å². The van der Waals surface area contributed by atoms with Crippen LogP contribution >= 0.6 is 0 Å². The number of hydrogen-bond acceptors (Lipinski definition) is 3. The Kier molecular flexibility index (Phi) is 1.82. The predicted octanol–water partition coefficient (Wildman–Crippen LogP) is 2.84. The maximum absolute atomic E-state index is 4.62. The first-order valence-corrected chi connectivity index (χ1v) is 6.53. The molecule has 3 nitrogen and oxygen atoms in total. The van der Waals surface area contributed by atoms with Gasteiger partial charge < -0.3 is 5.32 Å². The summed E-state index contributed by atoms with van der Waals surface area (Å²) < 4.78 is 0. The Labute approximate surface area is 101 Å². The minimum absolute atomic E-state index is 0.334. The molecule has 0 spiro atoms. The van der Waals surface area contributed by atoms with E-state index in [0.717, 1.165) is 12.1 Å². The van der Waals surface area contributed by atoms with Gasteiger partial charge in [0.2, 0.25) is 0 Å². The van der Waals surface area contributed by atoms with Gasteiger partial charge in [-0.2, -0.15) is 10.2 Å². The molecule has 2 aliphatic heterocycles. The summed E-state index contributed by atoms with van der Waals surface area (Å²) in [6, 6.07) is 9.27. The van der Waals surface area contributed by atoms with Crippen LogP contribution in [0.3, 0.4) is 0 Å². The van der Waals surface area contributed by atoms with Crippen molar-refractivity contribution in [3.8, 4) is 0 Å². The summed E-state index contributed by atoms with van der Waals surface area (Å²) in [7, 11) is 0. The fraction of sp³-hybridized carbons (Fsp3) is 0.571. The van der Waals surface area contributed by atoms with Crippen LogP contribution in [0.4, 0.5) is 5.69 Å². The highest BCUT2D eigenvalue weighted by Crippen LogP contribution is 2.49. The second kappa shape index (κ2) is 3.16. The van der Waals surface area contributed by atoms with E-state index in [1.165, 1.54) is 18.4 Å². The first kappa shape index (κ1) is 9.77. The van der Waals surface area contributed by atoms with Gasteiger partial charge in [-0.3, -0.25) is 0 Å². The zero-order chi connectivity index (χ0) is 11.5. The third-order valence-electron chi connectivity index (χ3n) is 4.86. The Balaban J connectivity index is 1.74. The average molecular weight is 227 g/mol. The van der Waals surface area contributed by atoms with Crippen LogP contribution in [0.2, 0.25) is 0 Å². The van der Waals surface area contributed by atoms with E-state index in [2.05, 4.69) is 40.7 Å². The average Bonchev–Trinajstić information content (AvgIpc) is 2.46. The van der Waals surface area contributed by atoms with Gasteiger partial charge in [0.1, 0.15) is 0 Å². The molecule has 1 aliphatic carbocycles. The van der Waals surface area contributed by atoms with Crippen LogP contribution in [-0.2, 0) is 6.42 Å². The summed E-state index contributed by atoms with van der Waals surface area (Å²) in [5, 5.41) is 12.9. The lowest BCUT2D eigenvalue weighted by Gasteiger charge is -2.42. The van der Waals surface area contributed by atoms with Crippen molar-refractivity contribution in [2.24, 2.45) is 16.1 Å². The van der Waals surface area contributed by atoms with Gasteiger partial charge in [-0.05, 0) is 37.8 Å². The second-order valence-electron chi connectivity index (χ2n) is 5.85. The summed E-state index contributed by atoms with van der Waals surface area (Å²) in [6.45, 7) is 2.34. The summed E-state index contributed by atoms with van der Waals surface area (Å²) >= 11 is 0. The van der Waals surface area contributed by atoms with E-state index in [0.29, 0.717) is 23.5 Å². The predicted molar refractivity (Wildman–Crippen MR) is 66.5 cm³/mol. The highest BCUT2D eigenvalue weighted by molar-refractivity contribution is 5.46. The molecule has 1 N–H and O–H groups in total. The molecule has 1 aromatic rings. The van der Waals surface area contributed by atoms with Crippen molar-refractivity contribution in [1.29, 1.82) is 0 Å². The van der Waals surface area contributed by atoms with Crippen molar-refractivity contribution in [3.05, 3.63) is 29.8 Å². The molecular formula is C14H17N3. The molecule has 4 rings (SSSR count). The van der Waals surface area contributed by atoms with Crippen LogP contribution in [0.25, 0.3) is 0 Å². The zero-order valence-corrected chi connectivity index (χ0v) is 10.1. The molecule has 3 heteroatoms. The molecule has 3 aliphatic rings. The van der Waals surface area contributed by atoms with Crippen molar-refractivity contribution in [2.45, 2.75) is 43.8 Å². The first-order valence-electron chi connectivity index (χ1n) is 6.53. The maximum atomic E-state index is 4.62. The van der Waals surface area contributed by atoms with Gasteiger partial charge in [-0.25, -0.2) is 0 Å². The number of nitrogens with zero attached hydrogens (tertiary/aromatic N) is 2. The first-order chi connectivity index (χ1) is 8.26. The maximum Gasteiger partial charge on any atom is 0.0914 e. The molecule has 1 saturated heterocycles. The van der Waals surface area contributed by atoms with Crippen molar-refractivity contribution in [2.75, 3.05) is 0 Å². The Morgan fingerprint density at radius 1 is 1.35 bits per heavy atom. The van der Waals surface area contributed by atoms with Gasteiger partial charge in [-0.15, -0.1) is 0 Å². The van der Waals surface area contributed by atoms with E-state index in [9.17, 15) is 0 Å². The van der Waals surface area contributed by atoms with Gasteiger partial charge in [0, 0.05) is 17.5 Å². The summed E-state index contributed by atoms with van der Waals surface area (Å²) in [5.41, 5.74) is 2.73. The monoisotopic (exact) mass is 227 g/mol. The number of fused-ring (bicyclic) bond motifs is 4. The third kappa shape index (κ3) is 1.26. The topological polar surface area (TPSA) is 36.8 Å². The second-order valence-corrected chi connectivity index (χ2v) is 5.85. The molecule has 1 saturated carbocycles. The van der Waals surface area contributed by atoms with Crippen LogP contribution in [0.5, 0.6) is 0 Å². The normalized spacial score (nSPS) is 42.1. The fourth-order valence-corrected chi connectivity index (χ4v) is 3.74. The van der Waals surface area contributed by atoms with E-state index in [4.69, 9.17) is 0 Å². The standard InChI is InChI=1S/C14H17N3/c1-14-7-6-10(14)13-12(15-14)8-9-4-2-3-5-11(9)16-17-13/h2-5,10,12-13,15H,6-8H2,1H3. The molecule has 88 valence electrons. The van der Waals surface area contributed by atoms with Gasteiger partial charge in [-0.1, -0.05) is 18.2 Å². The van der Waals surface area contributed by atoms with Crippen LogP contribution in [0.15, 0.2) is 34.5 Å². The van der Waals surface area contributed by atoms with Crippen LogP contribution in [0, 0.1) is 5.92 Å². The lowest BCUT2D eigenvalue weighted by Crippen LogP contribution is -2.51. The minimum Gasteiger partial charge on any atom is -0.306 e. The smallest absolute Gasteiger partial charge is 0.0914 e. The number of rotatable bonds is 0. The Hall–Kier alpha value is -1.22. The lowest BCUT2D eigenvalue weighted by atomic mass is 9.67. The molecular weight excluding hydrogens is 210 g/mol. The van der Waals surface area contributed by atoms with Gasteiger partial charge in [0.15, 0.2) is 0 Å². The van der Waals surface area contributed by atoms with Crippen molar-refractivity contribution in [1.82, 2.24) is 5.32 Å². The molecule has 0 bridgehead atoms. The number of benzene rings is 1. The lowest BCUT2D eigenvalue weighted by molar-refractivity contribution is 0.147. The van der Waals surface area contributed by atoms with Crippen molar-refractivity contribution >= 4 is 5.69 Å². The fourth-order valence-electron chi connectivity index (χ4n) is 3.74. The number of nitrogens with one attached hydrogen (secondary N) is 1. The Morgan fingerprint density at radius 3 is 3.06 bits per heavy atom. The molecule has 2 fully saturated rings. The Morgan fingerprint density at radius 2 is 2.24 bits per heavy atom. The van der Waals surface area contributed by atoms with E-state index in [1.54, 1.807) is 0 Å². The molecule has 0 amide bonds. The van der Waals surface area contributed by atoms with Crippen LogP contribution < -0.4 is 5.32 Å². The van der Waals surface area contributed by atoms with Crippen LogP contribution in [-0.4, -0.2) is 17.6 Å².